The quantitative estimate of drug-likeness (QED) is 0.429. The van der Waals surface area contributed by atoms with Gasteiger partial charge in [-0.2, -0.15) is 0 Å². The molecule has 0 aliphatic heterocycles. The fourth-order valence-electron chi connectivity index (χ4n) is 3.80. The van der Waals surface area contributed by atoms with Crippen molar-refractivity contribution in [1.82, 2.24) is 9.55 Å². The zero-order valence-electron chi connectivity index (χ0n) is 19.4. The van der Waals surface area contributed by atoms with Gasteiger partial charge in [0.25, 0.3) is 5.56 Å². The van der Waals surface area contributed by atoms with Crippen LogP contribution in [0.3, 0.4) is 0 Å². The van der Waals surface area contributed by atoms with E-state index in [0.29, 0.717) is 47.1 Å². The minimum atomic E-state index is -0.153. The highest BCUT2D eigenvalue weighted by atomic mass is 16.5. The molecule has 0 amide bonds. The summed E-state index contributed by atoms with van der Waals surface area (Å²) < 4.78 is 17.8. The summed E-state index contributed by atoms with van der Waals surface area (Å²) in [6, 6.07) is 18.7. The minimum Gasteiger partial charge on any atom is -0.497 e. The number of benzene rings is 3. The Hall–Kier alpha value is -4.10. The molecule has 7 nitrogen and oxygen atoms in total. The van der Waals surface area contributed by atoms with Crippen molar-refractivity contribution in [2.24, 2.45) is 5.73 Å². The summed E-state index contributed by atoms with van der Waals surface area (Å²) in [5.41, 5.74) is 9.02. The standard InChI is InChI=1S/C27H27N3O4/c1-32-21-9-11-25(34-3)20(14-21)7-12-26-29-24-10-8-22(33-2)15-23(24)27(31)30(26)17-19-6-4-5-18(13-19)16-28/h4-15H,16-17,28H2,1-3H3/b12-7+. The fraction of sp³-hybridized carbons (Fsp3) is 0.185. The molecule has 1 aromatic heterocycles. The second-order valence-electron chi connectivity index (χ2n) is 7.71. The first-order valence-electron chi connectivity index (χ1n) is 10.8. The van der Waals surface area contributed by atoms with E-state index in [9.17, 15) is 4.79 Å². The van der Waals surface area contributed by atoms with Crippen LogP contribution in [0.4, 0.5) is 0 Å². The maximum atomic E-state index is 13.6. The van der Waals surface area contributed by atoms with Crippen LogP contribution < -0.4 is 25.5 Å². The molecule has 0 unspecified atom stereocenters. The SMILES string of the molecule is COc1ccc(OC)c(/C=C/c2nc3ccc(OC)cc3c(=O)n2Cc2cccc(CN)c2)c1. The number of hydrogen-bond acceptors (Lipinski definition) is 6. The Morgan fingerprint density at radius 3 is 2.35 bits per heavy atom. The molecule has 3 aromatic carbocycles. The molecule has 0 aliphatic carbocycles. The summed E-state index contributed by atoms with van der Waals surface area (Å²) in [5.74, 6) is 2.51. The molecule has 174 valence electrons. The summed E-state index contributed by atoms with van der Waals surface area (Å²) in [5, 5.41) is 0.491. The van der Waals surface area contributed by atoms with E-state index in [2.05, 4.69) is 0 Å². The van der Waals surface area contributed by atoms with Crippen molar-refractivity contribution in [2.45, 2.75) is 13.1 Å². The third-order valence-electron chi connectivity index (χ3n) is 5.61. The Labute approximate surface area is 198 Å². The second kappa shape index (κ2) is 10.2. The molecule has 34 heavy (non-hydrogen) atoms. The van der Waals surface area contributed by atoms with Crippen LogP contribution in [0.25, 0.3) is 23.1 Å². The number of nitrogens with two attached hydrogens (primary N) is 1. The average Bonchev–Trinajstić information content (AvgIpc) is 2.89. The van der Waals surface area contributed by atoms with Gasteiger partial charge in [-0.05, 0) is 59.7 Å². The van der Waals surface area contributed by atoms with Gasteiger partial charge in [0.05, 0.1) is 38.8 Å². The Balaban J connectivity index is 1.87. The maximum Gasteiger partial charge on any atom is 0.262 e. The molecule has 0 fully saturated rings. The lowest BCUT2D eigenvalue weighted by Gasteiger charge is -2.13. The molecule has 0 atom stereocenters. The molecule has 7 heteroatoms. The molecule has 4 rings (SSSR count). The highest BCUT2D eigenvalue weighted by Gasteiger charge is 2.12. The lowest BCUT2D eigenvalue weighted by atomic mass is 10.1. The molecule has 0 aliphatic rings. The van der Waals surface area contributed by atoms with Gasteiger partial charge in [-0.25, -0.2) is 4.98 Å². The topological polar surface area (TPSA) is 88.6 Å². The maximum absolute atomic E-state index is 13.6. The minimum absolute atomic E-state index is 0.153. The van der Waals surface area contributed by atoms with Crippen LogP contribution in [0.2, 0.25) is 0 Å². The zero-order chi connectivity index (χ0) is 24.1. The number of hydrogen-bond donors (Lipinski definition) is 1. The van der Waals surface area contributed by atoms with E-state index in [1.54, 1.807) is 44.1 Å². The Morgan fingerprint density at radius 2 is 1.62 bits per heavy atom. The van der Waals surface area contributed by atoms with Crippen LogP contribution in [-0.4, -0.2) is 30.9 Å². The fourth-order valence-corrected chi connectivity index (χ4v) is 3.80. The Kier molecular flexibility index (Phi) is 6.94. The number of ether oxygens (including phenoxy) is 3. The van der Waals surface area contributed by atoms with Gasteiger partial charge in [0.15, 0.2) is 0 Å². The highest BCUT2D eigenvalue weighted by molar-refractivity contribution is 5.81. The molecule has 0 spiro atoms. The van der Waals surface area contributed by atoms with Crippen molar-refractivity contribution < 1.29 is 14.2 Å². The Bertz CT molecular complexity index is 1410. The molecule has 4 aromatic rings. The van der Waals surface area contributed by atoms with Crippen LogP contribution in [0.1, 0.15) is 22.5 Å². The Morgan fingerprint density at radius 1 is 0.882 bits per heavy atom. The molecular formula is C27H27N3O4. The van der Waals surface area contributed by atoms with Gasteiger partial charge >= 0.3 is 0 Å². The molecule has 0 saturated carbocycles. The number of aromatic nitrogens is 2. The van der Waals surface area contributed by atoms with Crippen molar-refractivity contribution in [3.05, 3.63) is 93.5 Å². The molecule has 0 bridgehead atoms. The third kappa shape index (κ3) is 4.79. The van der Waals surface area contributed by atoms with E-state index in [0.717, 1.165) is 16.7 Å². The summed E-state index contributed by atoms with van der Waals surface area (Å²) in [7, 11) is 4.80. The van der Waals surface area contributed by atoms with Crippen molar-refractivity contribution >= 4 is 23.1 Å². The smallest absolute Gasteiger partial charge is 0.262 e. The van der Waals surface area contributed by atoms with Crippen molar-refractivity contribution in [3.63, 3.8) is 0 Å². The summed E-state index contributed by atoms with van der Waals surface area (Å²) >= 11 is 0. The summed E-state index contributed by atoms with van der Waals surface area (Å²) in [6.07, 6.45) is 3.68. The molecule has 2 N–H and O–H groups in total. The van der Waals surface area contributed by atoms with E-state index < -0.39 is 0 Å². The molecular weight excluding hydrogens is 430 g/mol. The van der Waals surface area contributed by atoms with Crippen LogP contribution in [-0.2, 0) is 13.1 Å². The van der Waals surface area contributed by atoms with Gasteiger partial charge < -0.3 is 19.9 Å². The van der Waals surface area contributed by atoms with Crippen molar-refractivity contribution in [1.29, 1.82) is 0 Å². The van der Waals surface area contributed by atoms with Crippen LogP contribution in [0.15, 0.2) is 65.5 Å². The first kappa shape index (κ1) is 23.1. The number of rotatable bonds is 8. The van der Waals surface area contributed by atoms with E-state index in [1.165, 1.54) is 0 Å². The number of methoxy groups -OCH3 is 3. The van der Waals surface area contributed by atoms with Gasteiger partial charge in [0.1, 0.15) is 23.1 Å². The van der Waals surface area contributed by atoms with Gasteiger partial charge in [0.2, 0.25) is 0 Å². The average molecular weight is 458 g/mol. The highest BCUT2D eigenvalue weighted by Crippen LogP contribution is 2.26. The second-order valence-corrected chi connectivity index (χ2v) is 7.71. The normalized spacial score (nSPS) is 11.2. The van der Waals surface area contributed by atoms with Gasteiger partial charge in [-0.15, -0.1) is 0 Å². The lowest BCUT2D eigenvalue weighted by Crippen LogP contribution is -2.24. The van der Waals surface area contributed by atoms with E-state index in [4.69, 9.17) is 24.9 Å². The van der Waals surface area contributed by atoms with E-state index >= 15 is 0 Å². The summed E-state index contributed by atoms with van der Waals surface area (Å²) in [6.45, 7) is 0.778. The number of nitrogens with zero attached hydrogens (tertiary/aromatic N) is 2. The monoisotopic (exact) mass is 457 g/mol. The lowest BCUT2D eigenvalue weighted by molar-refractivity contribution is 0.402. The number of fused-ring (bicyclic) bond motifs is 1. The molecule has 1 heterocycles. The predicted octanol–water partition coefficient (Wildman–Crippen LogP) is 4.10. The van der Waals surface area contributed by atoms with Crippen LogP contribution in [0, 0.1) is 0 Å². The zero-order valence-corrected chi connectivity index (χ0v) is 19.4. The molecule has 0 radical (unpaired) electrons. The van der Waals surface area contributed by atoms with Gasteiger partial charge in [-0.3, -0.25) is 9.36 Å². The molecule has 0 saturated heterocycles. The van der Waals surface area contributed by atoms with Crippen molar-refractivity contribution in [2.75, 3.05) is 21.3 Å². The summed E-state index contributed by atoms with van der Waals surface area (Å²) in [4.78, 5) is 18.4. The van der Waals surface area contributed by atoms with Gasteiger partial charge in [0, 0.05) is 12.1 Å². The van der Waals surface area contributed by atoms with Gasteiger partial charge in [-0.1, -0.05) is 24.3 Å². The van der Waals surface area contributed by atoms with Crippen molar-refractivity contribution in [3.8, 4) is 17.2 Å². The largest absolute Gasteiger partial charge is 0.497 e. The predicted molar refractivity (Wildman–Crippen MR) is 134 cm³/mol. The van der Waals surface area contributed by atoms with Crippen LogP contribution >= 0.6 is 0 Å². The first-order chi connectivity index (χ1) is 16.6. The van der Waals surface area contributed by atoms with E-state index in [1.807, 2.05) is 54.6 Å². The van der Waals surface area contributed by atoms with E-state index in [-0.39, 0.29) is 5.56 Å². The first-order valence-corrected chi connectivity index (χ1v) is 10.8. The third-order valence-corrected chi connectivity index (χ3v) is 5.61. The van der Waals surface area contributed by atoms with Crippen LogP contribution in [0.5, 0.6) is 17.2 Å².